The molecule has 26 heavy (non-hydrogen) atoms. The van der Waals surface area contributed by atoms with Crippen LogP contribution in [0.15, 0.2) is 58.3 Å². The highest BCUT2D eigenvalue weighted by Gasteiger charge is 2.28. The van der Waals surface area contributed by atoms with E-state index in [4.69, 9.17) is 11.6 Å². The molecule has 3 rings (SSSR count). The second-order valence-corrected chi connectivity index (χ2v) is 9.86. The lowest BCUT2D eigenvalue weighted by Crippen LogP contribution is -2.39. The van der Waals surface area contributed by atoms with Gasteiger partial charge in [0.05, 0.1) is 23.7 Å². The maximum Gasteiger partial charge on any atom is 0.239 e. The van der Waals surface area contributed by atoms with Crippen molar-refractivity contribution >= 4 is 44.8 Å². The maximum atomic E-state index is 12.1. The molecule has 1 atom stereocenters. The third-order valence-electron chi connectivity index (χ3n) is 3.95. The third-order valence-corrected chi connectivity index (χ3v) is 7.04. The number of hydrogen-bond donors (Lipinski definition) is 2. The van der Waals surface area contributed by atoms with Gasteiger partial charge in [-0.25, -0.2) is 8.42 Å². The molecule has 1 saturated heterocycles. The zero-order valence-electron chi connectivity index (χ0n) is 13.9. The van der Waals surface area contributed by atoms with Gasteiger partial charge in [0, 0.05) is 20.9 Å². The van der Waals surface area contributed by atoms with Crippen molar-refractivity contribution in [3.63, 3.8) is 0 Å². The van der Waals surface area contributed by atoms with Crippen LogP contribution in [0, 0.1) is 0 Å². The van der Waals surface area contributed by atoms with E-state index in [0.29, 0.717) is 11.4 Å². The van der Waals surface area contributed by atoms with Crippen LogP contribution < -0.4 is 10.6 Å². The molecule has 0 aliphatic carbocycles. The van der Waals surface area contributed by atoms with Gasteiger partial charge in [-0.1, -0.05) is 41.6 Å². The van der Waals surface area contributed by atoms with Crippen molar-refractivity contribution in [2.24, 2.45) is 0 Å². The van der Waals surface area contributed by atoms with Gasteiger partial charge in [-0.15, -0.1) is 0 Å². The van der Waals surface area contributed by atoms with Crippen LogP contribution in [0.25, 0.3) is 0 Å². The second kappa shape index (κ2) is 8.33. The topological polar surface area (TPSA) is 75.3 Å². The van der Waals surface area contributed by atoms with Crippen molar-refractivity contribution in [3.8, 4) is 0 Å². The number of anilines is 1. The van der Waals surface area contributed by atoms with Crippen molar-refractivity contribution in [1.29, 1.82) is 0 Å². The molecule has 2 N–H and O–H groups in total. The highest BCUT2D eigenvalue weighted by molar-refractivity contribution is 7.99. The number of benzene rings is 2. The van der Waals surface area contributed by atoms with Crippen LogP contribution in [0.2, 0.25) is 5.02 Å². The number of amides is 1. The molecule has 2 aromatic rings. The molecule has 0 saturated carbocycles. The summed E-state index contributed by atoms with van der Waals surface area (Å²) in [5.74, 6) is -0.0783. The van der Waals surface area contributed by atoms with Crippen LogP contribution in [-0.4, -0.2) is 38.4 Å². The molecular weight excluding hydrogens is 392 g/mol. The minimum atomic E-state index is -3.01. The number of sulfone groups is 1. The van der Waals surface area contributed by atoms with Crippen molar-refractivity contribution in [3.05, 3.63) is 53.6 Å². The number of carbonyl (C=O) groups excluding carboxylic acids is 1. The molecule has 1 aliphatic heterocycles. The smallest absolute Gasteiger partial charge is 0.239 e. The molecule has 2 aromatic carbocycles. The van der Waals surface area contributed by atoms with Crippen molar-refractivity contribution in [1.82, 2.24) is 5.32 Å². The first-order valence-electron chi connectivity index (χ1n) is 8.17. The molecule has 0 aromatic heterocycles. The molecule has 0 bridgehead atoms. The highest BCUT2D eigenvalue weighted by atomic mass is 35.5. The minimum absolute atomic E-state index is 0.0189. The van der Waals surface area contributed by atoms with E-state index in [2.05, 4.69) is 10.6 Å². The summed E-state index contributed by atoms with van der Waals surface area (Å²) in [6, 6.07) is 15.1. The molecule has 1 heterocycles. The lowest BCUT2D eigenvalue weighted by Gasteiger charge is -2.14. The predicted molar refractivity (Wildman–Crippen MR) is 106 cm³/mol. The third kappa shape index (κ3) is 5.40. The van der Waals surface area contributed by atoms with E-state index in [9.17, 15) is 13.2 Å². The zero-order chi connectivity index (χ0) is 18.6. The summed E-state index contributed by atoms with van der Waals surface area (Å²) in [7, 11) is -3.01. The largest absolute Gasteiger partial charge is 0.375 e. The summed E-state index contributed by atoms with van der Waals surface area (Å²) in [4.78, 5) is 14.2. The van der Waals surface area contributed by atoms with Crippen LogP contribution in [0.4, 0.5) is 5.69 Å². The molecular formula is C18H19ClN2O3S2. The summed E-state index contributed by atoms with van der Waals surface area (Å²) in [5.41, 5.74) is 0.764. The predicted octanol–water partition coefficient (Wildman–Crippen LogP) is 3.21. The SMILES string of the molecule is O=C(CNc1cc(Cl)ccc1Sc1ccccc1)N[C@@H]1CCS(=O)(=O)C1. The summed E-state index contributed by atoms with van der Waals surface area (Å²) >= 11 is 7.66. The monoisotopic (exact) mass is 410 g/mol. The van der Waals surface area contributed by atoms with E-state index >= 15 is 0 Å². The maximum absolute atomic E-state index is 12.1. The first kappa shape index (κ1) is 19.1. The van der Waals surface area contributed by atoms with E-state index in [0.717, 1.165) is 15.5 Å². The molecule has 1 amide bonds. The fourth-order valence-corrected chi connectivity index (χ4v) is 5.48. The molecule has 0 radical (unpaired) electrons. The van der Waals surface area contributed by atoms with Gasteiger partial charge in [-0.2, -0.15) is 0 Å². The Bertz CT molecular complexity index is 889. The quantitative estimate of drug-likeness (QED) is 0.764. The van der Waals surface area contributed by atoms with E-state index in [1.165, 1.54) is 0 Å². The second-order valence-electron chi connectivity index (χ2n) is 6.08. The van der Waals surface area contributed by atoms with Crippen LogP contribution in [0.5, 0.6) is 0 Å². The number of nitrogens with one attached hydrogen (secondary N) is 2. The van der Waals surface area contributed by atoms with Crippen LogP contribution in [0.3, 0.4) is 0 Å². The Kier molecular flexibility index (Phi) is 6.11. The first-order valence-corrected chi connectivity index (χ1v) is 11.2. The highest BCUT2D eigenvalue weighted by Crippen LogP contribution is 2.34. The van der Waals surface area contributed by atoms with E-state index < -0.39 is 9.84 Å². The molecule has 1 aliphatic rings. The van der Waals surface area contributed by atoms with Crippen LogP contribution in [0.1, 0.15) is 6.42 Å². The normalized spacial score (nSPS) is 18.4. The first-order chi connectivity index (χ1) is 12.4. The lowest BCUT2D eigenvalue weighted by molar-refractivity contribution is -0.119. The minimum Gasteiger partial charge on any atom is -0.375 e. The summed E-state index contributed by atoms with van der Waals surface area (Å²) in [6.45, 7) is 0.0548. The van der Waals surface area contributed by atoms with E-state index in [-0.39, 0.29) is 30.0 Å². The summed E-state index contributed by atoms with van der Waals surface area (Å²) in [6.07, 6.45) is 0.473. The number of carbonyl (C=O) groups is 1. The van der Waals surface area contributed by atoms with Crippen LogP contribution in [-0.2, 0) is 14.6 Å². The Labute approximate surface area is 162 Å². The Hall–Kier alpha value is -1.70. The molecule has 1 fully saturated rings. The van der Waals surface area contributed by atoms with Crippen LogP contribution >= 0.6 is 23.4 Å². The Balaban J connectivity index is 1.62. The fourth-order valence-electron chi connectivity index (χ4n) is 2.71. The number of hydrogen-bond acceptors (Lipinski definition) is 5. The summed E-state index contributed by atoms with van der Waals surface area (Å²) in [5, 5.41) is 6.45. The van der Waals surface area contributed by atoms with Crippen molar-refractivity contribution in [2.75, 3.05) is 23.4 Å². The average Bonchev–Trinajstić information content (AvgIpc) is 2.94. The number of rotatable bonds is 6. The standard InChI is InChI=1S/C18H19ClN2O3S2/c19-13-6-7-17(25-15-4-2-1-3-5-15)16(10-13)20-11-18(22)21-14-8-9-26(23,24)12-14/h1-7,10,14,20H,8-9,11-12H2,(H,21,22)/t14-/m1/s1. The van der Waals surface area contributed by atoms with Gasteiger partial charge in [-0.3, -0.25) is 4.79 Å². The van der Waals surface area contributed by atoms with Gasteiger partial charge in [0.15, 0.2) is 9.84 Å². The molecule has 0 unspecified atom stereocenters. The average molecular weight is 411 g/mol. The van der Waals surface area contributed by atoms with Gasteiger partial charge < -0.3 is 10.6 Å². The Morgan fingerprint density at radius 3 is 2.65 bits per heavy atom. The lowest BCUT2D eigenvalue weighted by atomic mass is 10.2. The summed E-state index contributed by atoms with van der Waals surface area (Å²) < 4.78 is 22.9. The van der Waals surface area contributed by atoms with Gasteiger partial charge in [0.1, 0.15) is 0 Å². The van der Waals surface area contributed by atoms with Crippen molar-refractivity contribution in [2.45, 2.75) is 22.3 Å². The van der Waals surface area contributed by atoms with Crippen molar-refractivity contribution < 1.29 is 13.2 Å². The van der Waals surface area contributed by atoms with Gasteiger partial charge >= 0.3 is 0 Å². The van der Waals surface area contributed by atoms with Gasteiger partial charge in [0.25, 0.3) is 0 Å². The molecule has 0 spiro atoms. The molecule has 8 heteroatoms. The fraction of sp³-hybridized carbons (Fsp3) is 0.278. The molecule has 5 nitrogen and oxygen atoms in total. The van der Waals surface area contributed by atoms with E-state index in [1.54, 1.807) is 17.8 Å². The van der Waals surface area contributed by atoms with E-state index in [1.807, 2.05) is 42.5 Å². The van der Waals surface area contributed by atoms with Gasteiger partial charge in [0.2, 0.25) is 5.91 Å². The van der Waals surface area contributed by atoms with Gasteiger partial charge in [-0.05, 0) is 36.8 Å². The Morgan fingerprint density at radius 2 is 1.96 bits per heavy atom. The Morgan fingerprint density at radius 1 is 1.19 bits per heavy atom. The zero-order valence-corrected chi connectivity index (χ0v) is 16.3. The molecule has 138 valence electrons. The number of halogens is 1.